The number of benzene rings is 1. The highest BCUT2D eigenvalue weighted by Gasteiger charge is 2.05. The summed E-state index contributed by atoms with van der Waals surface area (Å²) in [6.07, 6.45) is 0.968. The summed E-state index contributed by atoms with van der Waals surface area (Å²) in [7, 11) is 0. The lowest BCUT2D eigenvalue weighted by atomic mass is 10.1. The van der Waals surface area contributed by atoms with Crippen molar-refractivity contribution in [2.75, 3.05) is 6.54 Å². The first kappa shape index (κ1) is 11.3. The van der Waals surface area contributed by atoms with E-state index >= 15 is 0 Å². The highest BCUT2D eigenvalue weighted by molar-refractivity contribution is 6.30. The van der Waals surface area contributed by atoms with E-state index in [1.54, 1.807) is 0 Å². The van der Waals surface area contributed by atoms with Gasteiger partial charge in [-0.05, 0) is 50.6 Å². The minimum atomic E-state index is 0.174. The Labute approximate surface area is 90.0 Å². The minimum absolute atomic E-state index is 0.174. The molecule has 0 atom stereocenters. The Morgan fingerprint density at radius 1 is 1.43 bits per heavy atom. The van der Waals surface area contributed by atoms with Gasteiger partial charge < -0.3 is 10.5 Å². The molecule has 0 spiro atoms. The normalized spacial score (nSPS) is 10.6. The molecule has 0 aliphatic carbocycles. The van der Waals surface area contributed by atoms with Gasteiger partial charge in [0.2, 0.25) is 0 Å². The van der Waals surface area contributed by atoms with Crippen molar-refractivity contribution < 1.29 is 4.74 Å². The average Bonchev–Trinajstić information content (AvgIpc) is 2.09. The summed E-state index contributed by atoms with van der Waals surface area (Å²) in [5, 5.41) is 0.726. The van der Waals surface area contributed by atoms with E-state index < -0.39 is 0 Å². The number of nitrogens with two attached hydrogens (primary N) is 1. The quantitative estimate of drug-likeness (QED) is 0.835. The zero-order chi connectivity index (χ0) is 10.6. The van der Waals surface area contributed by atoms with Crippen molar-refractivity contribution >= 4 is 11.6 Å². The van der Waals surface area contributed by atoms with Gasteiger partial charge in [0.25, 0.3) is 0 Å². The highest BCUT2D eigenvalue weighted by atomic mass is 35.5. The molecule has 0 fully saturated rings. The largest absolute Gasteiger partial charge is 0.491 e. The van der Waals surface area contributed by atoms with E-state index in [1.807, 2.05) is 32.0 Å². The van der Waals surface area contributed by atoms with Crippen LogP contribution in [-0.2, 0) is 6.42 Å². The fourth-order valence-corrected chi connectivity index (χ4v) is 1.46. The molecule has 14 heavy (non-hydrogen) atoms. The second-order valence-electron chi connectivity index (χ2n) is 3.46. The Hall–Kier alpha value is -0.730. The number of halogens is 1. The average molecular weight is 214 g/mol. The predicted octanol–water partition coefficient (Wildman–Crippen LogP) is 2.63. The minimum Gasteiger partial charge on any atom is -0.491 e. The third kappa shape index (κ3) is 3.20. The maximum absolute atomic E-state index is 5.89. The van der Waals surface area contributed by atoms with Crippen LogP contribution in [0.5, 0.6) is 5.75 Å². The molecule has 0 unspecified atom stereocenters. The Bertz CT molecular complexity index is 299. The van der Waals surface area contributed by atoms with Crippen molar-refractivity contribution in [1.29, 1.82) is 0 Å². The number of rotatable bonds is 4. The van der Waals surface area contributed by atoms with Gasteiger partial charge in [0.05, 0.1) is 6.10 Å². The van der Waals surface area contributed by atoms with Gasteiger partial charge in [-0.15, -0.1) is 0 Å². The molecule has 1 rings (SSSR count). The molecule has 1 aromatic carbocycles. The van der Waals surface area contributed by atoms with E-state index in [2.05, 4.69) is 0 Å². The van der Waals surface area contributed by atoms with Crippen LogP contribution in [-0.4, -0.2) is 12.6 Å². The molecule has 0 saturated carbocycles. The van der Waals surface area contributed by atoms with Gasteiger partial charge in [-0.1, -0.05) is 11.6 Å². The lowest BCUT2D eigenvalue weighted by Crippen LogP contribution is -2.10. The molecule has 0 aromatic heterocycles. The van der Waals surface area contributed by atoms with E-state index in [0.717, 1.165) is 22.8 Å². The molecule has 0 bridgehead atoms. The molecule has 0 aliphatic rings. The monoisotopic (exact) mass is 213 g/mol. The summed E-state index contributed by atoms with van der Waals surface area (Å²) in [6.45, 7) is 4.61. The van der Waals surface area contributed by atoms with Crippen molar-refractivity contribution in [3.05, 3.63) is 28.8 Å². The summed E-state index contributed by atoms with van der Waals surface area (Å²) in [6, 6.07) is 5.64. The van der Waals surface area contributed by atoms with Crippen LogP contribution in [0.4, 0.5) is 0 Å². The first-order valence-corrected chi connectivity index (χ1v) is 5.16. The topological polar surface area (TPSA) is 35.2 Å². The van der Waals surface area contributed by atoms with Crippen LogP contribution >= 0.6 is 11.6 Å². The van der Waals surface area contributed by atoms with Crippen LogP contribution < -0.4 is 10.5 Å². The lowest BCUT2D eigenvalue weighted by Gasteiger charge is -2.14. The van der Waals surface area contributed by atoms with Gasteiger partial charge in [0, 0.05) is 5.02 Å². The van der Waals surface area contributed by atoms with Crippen molar-refractivity contribution in [2.45, 2.75) is 26.4 Å². The van der Waals surface area contributed by atoms with Crippen LogP contribution in [0.25, 0.3) is 0 Å². The van der Waals surface area contributed by atoms with Crippen molar-refractivity contribution in [3.8, 4) is 5.75 Å². The molecule has 0 heterocycles. The van der Waals surface area contributed by atoms with Gasteiger partial charge in [0.15, 0.2) is 0 Å². The van der Waals surface area contributed by atoms with Crippen LogP contribution in [0.2, 0.25) is 5.02 Å². The predicted molar refractivity (Wildman–Crippen MR) is 60.0 cm³/mol. The standard InChI is InChI=1S/C11H16ClNO/c1-8(2)14-11-4-3-10(12)7-9(11)5-6-13/h3-4,7-8H,5-6,13H2,1-2H3. The third-order valence-electron chi connectivity index (χ3n) is 1.80. The van der Waals surface area contributed by atoms with Gasteiger partial charge >= 0.3 is 0 Å². The van der Waals surface area contributed by atoms with Crippen LogP contribution in [0.3, 0.4) is 0 Å². The molecule has 2 N–H and O–H groups in total. The molecule has 1 aromatic rings. The molecular weight excluding hydrogens is 198 g/mol. The second-order valence-corrected chi connectivity index (χ2v) is 3.89. The molecule has 0 aliphatic heterocycles. The van der Waals surface area contributed by atoms with E-state index in [-0.39, 0.29) is 6.10 Å². The Kier molecular flexibility index (Phi) is 4.23. The molecule has 3 heteroatoms. The van der Waals surface area contributed by atoms with Crippen molar-refractivity contribution in [3.63, 3.8) is 0 Å². The van der Waals surface area contributed by atoms with Crippen LogP contribution in [0, 0.1) is 0 Å². The SMILES string of the molecule is CC(C)Oc1ccc(Cl)cc1CCN. The van der Waals surface area contributed by atoms with Crippen LogP contribution in [0.1, 0.15) is 19.4 Å². The Morgan fingerprint density at radius 2 is 2.14 bits per heavy atom. The fourth-order valence-electron chi connectivity index (χ4n) is 1.27. The lowest BCUT2D eigenvalue weighted by molar-refractivity contribution is 0.240. The fraction of sp³-hybridized carbons (Fsp3) is 0.455. The van der Waals surface area contributed by atoms with Gasteiger partial charge in [-0.3, -0.25) is 0 Å². The number of hydrogen-bond acceptors (Lipinski definition) is 2. The third-order valence-corrected chi connectivity index (χ3v) is 2.03. The maximum atomic E-state index is 5.89. The summed E-state index contributed by atoms with van der Waals surface area (Å²) in [5.41, 5.74) is 6.59. The van der Waals surface area contributed by atoms with Gasteiger partial charge in [-0.2, -0.15) is 0 Å². The first-order chi connectivity index (χ1) is 6.63. The maximum Gasteiger partial charge on any atom is 0.123 e. The molecule has 0 saturated heterocycles. The van der Waals surface area contributed by atoms with E-state index in [1.165, 1.54) is 0 Å². The molecule has 0 radical (unpaired) electrons. The Balaban J connectivity index is 2.89. The highest BCUT2D eigenvalue weighted by Crippen LogP contribution is 2.24. The van der Waals surface area contributed by atoms with E-state index in [4.69, 9.17) is 22.1 Å². The zero-order valence-electron chi connectivity index (χ0n) is 8.59. The van der Waals surface area contributed by atoms with E-state index in [9.17, 15) is 0 Å². The zero-order valence-corrected chi connectivity index (χ0v) is 9.34. The summed E-state index contributed by atoms with van der Waals surface area (Å²) >= 11 is 5.89. The molecular formula is C11H16ClNO. The van der Waals surface area contributed by atoms with Crippen molar-refractivity contribution in [2.24, 2.45) is 5.73 Å². The summed E-state index contributed by atoms with van der Waals surface area (Å²) in [4.78, 5) is 0. The smallest absolute Gasteiger partial charge is 0.123 e. The number of hydrogen-bond donors (Lipinski definition) is 1. The molecule has 0 amide bonds. The van der Waals surface area contributed by atoms with Gasteiger partial charge in [-0.25, -0.2) is 0 Å². The second kappa shape index (κ2) is 5.23. The number of ether oxygens (including phenoxy) is 1. The first-order valence-electron chi connectivity index (χ1n) is 4.78. The van der Waals surface area contributed by atoms with Crippen molar-refractivity contribution in [1.82, 2.24) is 0 Å². The molecule has 78 valence electrons. The summed E-state index contributed by atoms with van der Waals surface area (Å²) < 4.78 is 5.64. The molecule has 2 nitrogen and oxygen atoms in total. The summed E-state index contributed by atoms with van der Waals surface area (Å²) in [5.74, 6) is 0.884. The van der Waals surface area contributed by atoms with Crippen LogP contribution in [0.15, 0.2) is 18.2 Å². The van der Waals surface area contributed by atoms with E-state index in [0.29, 0.717) is 6.54 Å². The van der Waals surface area contributed by atoms with Gasteiger partial charge in [0.1, 0.15) is 5.75 Å². The Morgan fingerprint density at radius 3 is 2.71 bits per heavy atom.